The predicted molar refractivity (Wildman–Crippen MR) is 86.3 cm³/mol. The summed E-state index contributed by atoms with van der Waals surface area (Å²) >= 11 is 5.80. The van der Waals surface area contributed by atoms with Crippen molar-refractivity contribution in [3.63, 3.8) is 0 Å². The van der Waals surface area contributed by atoms with Crippen LogP contribution in [0.3, 0.4) is 0 Å². The number of hydrogen-bond donors (Lipinski definition) is 1. The van der Waals surface area contributed by atoms with Crippen LogP contribution in [0.5, 0.6) is 0 Å². The molecule has 1 aliphatic rings. The highest BCUT2D eigenvalue weighted by molar-refractivity contribution is 7.93. The molecule has 0 bridgehead atoms. The van der Waals surface area contributed by atoms with Crippen molar-refractivity contribution in [3.05, 3.63) is 40.7 Å². The summed E-state index contributed by atoms with van der Waals surface area (Å²) in [7, 11) is -5.04. The third kappa shape index (κ3) is 4.23. The van der Waals surface area contributed by atoms with E-state index < -0.39 is 51.8 Å². The molecular formula is C15H17ClFNO4S. The Morgan fingerprint density at radius 2 is 2.35 bits per heavy atom. The van der Waals surface area contributed by atoms with Crippen molar-refractivity contribution in [1.82, 2.24) is 0 Å². The summed E-state index contributed by atoms with van der Waals surface area (Å²) < 4.78 is 86.0. The second-order valence-corrected chi connectivity index (χ2v) is 6.42. The van der Waals surface area contributed by atoms with E-state index in [1.165, 1.54) is 6.92 Å². The van der Waals surface area contributed by atoms with Crippen LogP contribution in [-0.2, 0) is 19.6 Å². The molecule has 1 aliphatic carbocycles. The third-order valence-corrected chi connectivity index (χ3v) is 4.48. The molecule has 1 aromatic carbocycles. The van der Waals surface area contributed by atoms with Gasteiger partial charge in [-0.3, -0.25) is 4.72 Å². The normalized spacial score (nSPS) is 29.0. The molecule has 0 radical (unpaired) electrons. The van der Waals surface area contributed by atoms with E-state index in [4.69, 9.17) is 23.2 Å². The van der Waals surface area contributed by atoms with E-state index in [9.17, 15) is 17.6 Å². The summed E-state index contributed by atoms with van der Waals surface area (Å²) in [6.07, 6.45) is -5.82. The molecule has 126 valence electrons. The molecule has 0 aliphatic heterocycles. The molecule has 0 spiro atoms. The van der Waals surface area contributed by atoms with E-state index >= 15 is 0 Å². The highest BCUT2D eigenvalue weighted by Gasteiger charge is 2.35. The van der Waals surface area contributed by atoms with Crippen molar-refractivity contribution in [2.45, 2.75) is 31.3 Å². The van der Waals surface area contributed by atoms with Gasteiger partial charge in [-0.05, 0) is 44.3 Å². The number of sulfonamides is 1. The molecule has 1 aromatic rings. The minimum atomic E-state index is -5.04. The summed E-state index contributed by atoms with van der Waals surface area (Å²) in [6.45, 7) is 1.22. The summed E-state index contributed by atoms with van der Waals surface area (Å²) in [5.74, 6) is -2.08. The lowest BCUT2D eigenvalue weighted by molar-refractivity contribution is -0.138. The van der Waals surface area contributed by atoms with Crippen LogP contribution in [0.1, 0.15) is 32.9 Å². The Morgan fingerprint density at radius 3 is 3.00 bits per heavy atom. The lowest BCUT2D eigenvalue weighted by Crippen LogP contribution is -2.34. The van der Waals surface area contributed by atoms with Crippen LogP contribution in [0.15, 0.2) is 29.8 Å². The maximum Gasteiger partial charge on any atom is 0.335 e. The number of nitrogens with one attached hydrogen (secondary N) is 1. The van der Waals surface area contributed by atoms with Gasteiger partial charge in [-0.2, -0.15) is 0 Å². The van der Waals surface area contributed by atoms with E-state index in [0.717, 1.165) is 18.2 Å². The van der Waals surface area contributed by atoms with Gasteiger partial charge in [0.2, 0.25) is 10.0 Å². The third-order valence-electron chi connectivity index (χ3n) is 2.78. The Kier molecular flexibility index (Phi) is 3.77. The van der Waals surface area contributed by atoms with Crippen molar-refractivity contribution in [2.24, 2.45) is 0 Å². The van der Waals surface area contributed by atoms with Gasteiger partial charge in [0.05, 0.1) is 24.3 Å². The van der Waals surface area contributed by atoms with Crippen LogP contribution in [0.25, 0.3) is 0 Å². The molecule has 0 amide bonds. The van der Waals surface area contributed by atoms with Crippen molar-refractivity contribution in [3.8, 4) is 0 Å². The van der Waals surface area contributed by atoms with Crippen molar-refractivity contribution < 1.29 is 29.2 Å². The average Bonchev–Trinajstić information content (AvgIpc) is 2.52. The van der Waals surface area contributed by atoms with Crippen molar-refractivity contribution >= 4 is 33.3 Å². The molecule has 2 rings (SSSR count). The zero-order valence-electron chi connectivity index (χ0n) is 17.0. The Morgan fingerprint density at radius 1 is 1.61 bits per heavy atom. The summed E-state index contributed by atoms with van der Waals surface area (Å²) in [5, 5.41) is -3.60. The summed E-state index contributed by atoms with van der Waals surface area (Å²) in [4.78, 5) is 12.3. The molecule has 0 heterocycles. The van der Waals surface area contributed by atoms with Gasteiger partial charge in [0, 0.05) is 5.48 Å². The Hall–Kier alpha value is -1.60. The van der Waals surface area contributed by atoms with Crippen molar-refractivity contribution in [1.29, 1.82) is 0 Å². The number of hydrogen-bond acceptors (Lipinski definition) is 4. The molecule has 0 saturated carbocycles. The summed E-state index contributed by atoms with van der Waals surface area (Å²) in [6, 6.07) is 2.69. The number of allylic oxidation sites excluding steroid dienone is 1. The quantitative estimate of drug-likeness (QED) is 0.812. The number of halogens is 2. The standard InChI is InChI=1S/C15H17ClFNO4S/c1-2-22-15(19)11-5-3-4-6-14(11)23(20,21)18-13-8-7-10(17)9-12(13)16/h5,7-9,14,18H,2-4,6H2,1H3/t14-/m1/s1/i3D2,6D2,14D. The molecule has 23 heavy (non-hydrogen) atoms. The lowest BCUT2D eigenvalue weighted by atomic mass is 9.99. The molecular weight excluding hydrogens is 345 g/mol. The van der Waals surface area contributed by atoms with Crippen LogP contribution in [-0.4, -0.2) is 26.2 Å². The van der Waals surface area contributed by atoms with E-state index in [1.54, 1.807) is 0 Å². The van der Waals surface area contributed by atoms with E-state index in [0.29, 0.717) is 6.08 Å². The number of rotatable bonds is 5. The number of carbonyl (C=O) groups excluding carboxylic acids is 1. The molecule has 0 aromatic heterocycles. The zero-order chi connectivity index (χ0) is 21.5. The number of carbonyl (C=O) groups is 1. The first-order valence-electron chi connectivity index (χ1n) is 9.05. The van der Waals surface area contributed by atoms with Gasteiger partial charge < -0.3 is 4.74 Å². The second-order valence-electron chi connectivity index (χ2n) is 4.39. The Labute approximate surface area is 146 Å². The van der Waals surface area contributed by atoms with E-state index in [2.05, 4.69) is 0 Å². The highest BCUT2D eigenvalue weighted by atomic mass is 35.5. The maximum absolute atomic E-state index is 13.2. The Balaban J connectivity index is 2.66. The van der Waals surface area contributed by atoms with Crippen LogP contribution >= 0.6 is 11.6 Å². The van der Waals surface area contributed by atoms with Crippen LogP contribution in [0.4, 0.5) is 10.1 Å². The fourth-order valence-electron chi connectivity index (χ4n) is 1.81. The number of anilines is 1. The number of esters is 1. The minimum absolute atomic E-state index is 0.199. The van der Waals surface area contributed by atoms with E-state index in [1.807, 2.05) is 4.72 Å². The molecule has 1 N–H and O–H groups in total. The van der Waals surface area contributed by atoms with Crippen molar-refractivity contribution in [2.75, 3.05) is 11.3 Å². The zero-order valence-corrected chi connectivity index (χ0v) is 13.6. The molecule has 0 fully saturated rings. The molecule has 1 atom stereocenters. The fraction of sp³-hybridized carbons (Fsp3) is 0.400. The lowest BCUT2D eigenvalue weighted by Gasteiger charge is -2.24. The van der Waals surface area contributed by atoms with Gasteiger partial charge in [0.25, 0.3) is 0 Å². The number of benzene rings is 1. The smallest absolute Gasteiger partial charge is 0.335 e. The largest absolute Gasteiger partial charge is 0.463 e. The molecule has 0 unspecified atom stereocenters. The average molecular weight is 367 g/mol. The van der Waals surface area contributed by atoms with E-state index in [-0.39, 0.29) is 17.3 Å². The first kappa shape index (κ1) is 11.9. The van der Waals surface area contributed by atoms with Gasteiger partial charge in [-0.1, -0.05) is 17.7 Å². The van der Waals surface area contributed by atoms with Gasteiger partial charge in [0.1, 0.15) is 11.0 Å². The monoisotopic (exact) mass is 366 g/mol. The number of ether oxygens (including phenoxy) is 1. The topological polar surface area (TPSA) is 72.5 Å². The van der Waals surface area contributed by atoms with Gasteiger partial charge in [0.15, 0.2) is 0 Å². The molecule has 5 nitrogen and oxygen atoms in total. The van der Waals surface area contributed by atoms with Crippen LogP contribution in [0.2, 0.25) is 5.02 Å². The van der Waals surface area contributed by atoms with Gasteiger partial charge in [-0.15, -0.1) is 0 Å². The first-order valence-corrected chi connectivity index (χ1v) is 8.41. The van der Waals surface area contributed by atoms with Gasteiger partial charge >= 0.3 is 5.97 Å². The molecule has 8 heteroatoms. The maximum atomic E-state index is 13.2. The van der Waals surface area contributed by atoms with Crippen LogP contribution < -0.4 is 4.72 Å². The summed E-state index contributed by atoms with van der Waals surface area (Å²) in [5.41, 5.74) is -1.33. The predicted octanol–water partition coefficient (Wildman–Crippen LogP) is 3.26. The van der Waals surface area contributed by atoms with Crippen LogP contribution in [0, 0.1) is 5.82 Å². The molecule has 0 saturated heterocycles. The SMILES string of the molecule is [2H]C1([2H])C=C(C(=O)OCC)[C@]([2H])(S(=O)(=O)Nc2ccc(F)cc2Cl)C([2H])([2H])C1. The second kappa shape index (κ2) is 7.31. The Bertz CT molecular complexity index is 940. The van der Waals surface area contributed by atoms with Gasteiger partial charge in [-0.25, -0.2) is 17.6 Å². The minimum Gasteiger partial charge on any atom is -0.463 e. The first-order chi connectivity index (χ1) is 12.7. The fourth-order valence-corrected chi connectivity index (χ4v) is 3.35. The highest BCUT2D eigenvalue weighted by Crippen LogP contribution is 2.30.